The number of hydrogen-bond donors (Lipinski definition) is 2. The van der Waals surface area contributed by atoms with Crippen LogP contribution in [0.2, 0.25) is 0 Å². The van der Waals surface area contributed by atoms with Crippen molar-refractivity contribution in [2.75, 3.05) is 19.7 Å². The second kappa shape index (κ2) is 4.99. The predicted octanol–water partition coefficient (Wildman–Crippen LogP) is 0.846. The van der Waals surface area contributed by atoms with E-state index in [1.807, 2.05) is 31.2 Å². The smallest absolute Gasteiger partial charge is 0.233 e. The van der Waals surface area contributed by atoms with Crippen molar-refractivity contribution in [3.63, 3.8) is 0 Å². The van der Waals surface area contributed by atoms with Crippen LogP contribution in [-0.2, 0) is 4.79 Å². The van der Waals surface area contributed by atoms with Crippen LogP contribution in [0.15, 0.2) is 24.3 Å². The fourth-order valence-corrected chi connectivity index (χ4v) is 1.81. The van der Waals surface area contributed by atoms with Crippen LogP contribution in [0.4, 0.5) is 0 Å². The third kappa shape index (κ3) is 2.33. The lowest BCUT2D eigenvalue weighted by Gasteiger charge is -2.10. The van der Waals surface area contributed by atoms with Crippen LogP contribution < -0.4 is 15.4 Å². The summed E-state index contributed by atoms with van der Waals surface area (Å²) >= 11 is 0. The third-order valence-corrected chi connectivity index (χ3v) is 2.58. The van der Waals surface area contributed by atoms with E-state index in [-0.39, 0.29) is 11.9 Å². The van der Waals surface area contributed by atoms with Crippen molar-refractivity contribution in [1.29, 1.82) is 0 Å². The van der Waals surface area contributed by atoms with Crippen molar-refractivity contribution in [2.24, 2.45) is 0 Å². The van der Waals surface area contributed by atoms with Gasteiger partial charge in [0.25, 0.3) is 0 Å². The van der Waals surface area contributed by atoms with Crippen molar-refractivity contribution in [3.05, 3.63) is 29.8 Å². The third-order valence-electron chi connectivity index (χ3n) is 2.58. The Hall–Kier alpha value is -1.55. The van der Waals surface area contributed by atoms with Crippen LogP contribution in [0.3, 0.4) is 0 Å². The van der Waals surface area contributed by atoms with Gasteiger partial charge >= 0.3 is 0 Å². The summed E-state index contributed by atoms with van der Waals surface area (Å²) in [6, 6.07) is 8.03. The van der Waals surface area contributed by atoms with Gasteiger partial charge in [-0.25, -0.2) is 0 Å². The number of amides is 1. The number of likely N-dealkylation sites (N-methyl/N-ethyl adjacent to an activating group) is 1. The highest BCUT2D eigenvalue weighted by molar-refractivity contribution is 5.78. The summed E-state index contributed by atoms with van der Waals surface area (Å²) in [5.41, 5.74) is 1.13. The molecule has 0 spiro atoms. The summed E-state index contributed by atoms with van der Waals surface area (Å²) in [7, 11) is 0. The zero-order valence-electron chi connectivity index (χ0n) is 9.32. The van der Waals surface area contributed by atoms with Gasteiger partial charge in [0.05, 0.1) is 12.6 Å². The Kier molecular flexibility index (Phi) is 3.41. The maximum atomic E-state index is 11.3. The van der Waals surface area contributed by atoms with E-state index in [4.69, 9.17) is 4.74 Å². The molecule has 0 bridgehead atoms. The lowest BCUT2D eigenvalue weighted by atomic mass is 10.1. The maximum absolute atomic E-state index is 11.3. The predicted molar refractivity (Wildman–Crippen MR) is 61.4 cm³/mol. The minimum Gasteiger partial charge on any atom is -0.491 e. The van der Waals surface area contributed by atoms with Crippen molar-refractivity contribution in [1.82, 2.24) is 10.6 Å². The van der Waals surface area contributed by atoms with Crippen molar-refractivity contribution < 1.29 is 9.53 Å². The molecule has 4 heteroatoms. The summed E-state index contributed by atoms with van der Waals surface area (Å²) in [5.74, 6) is 0.933. The van der Waals surface area contributed by atoms with Gasteiger partial charge in [-0.3, -0.25) is 10.1 Å². The zero-order valence-corrected chi connectivity index (χ0v) is 9.32. The van der Waals surface area contributed by atoms with E-state index in [0.29, 0.717) is 19.7 Å². The van der Waals surface area contributed by atoms with Gasteiger partial charge in [-0.2, -0.15) is 0 Å². The SMILES string of the molecule is CCNC(=O)CNC1COc2ccccc21. The molecule has 2 rings (SSSR count). The van der Waals surface area contributed by atoms with Crippen molar-refractivity contribution >= 4 is 5.91 Å². The zero-order chi connectivity index (χ0) is 11.4. The van der Waals surface area contributed by atoms with E-state index in [1.165, 1.54) is 0 Å². The summed E-state index contributed by atoms with van der Waals surface area (Å²) in [4.78, 5) is 11.3. The van der Waals surface area contributed by atoms with E-state index in [2.05, 4.69) is 10.6 Å². The summed E-state index contributed by atoms with van der Waals surface area (Å²) in [6.07, 6.45) is 0. The minimum absolute atomic E-state index is 0.0203. The van der Waals surface area contributed by atoms with Gasteiger partial charge in [0.15, 0.2) is 0 Å². The van der Waals surface area contributed by atoms with E-state index < -0.39 is 0 Å². The standard InChI is InChI=1S/C12H16N2O2/c1-2-13-12(15)7-14-10-8-16-11-6-4-3-5-9(10)11/h3-6,10,14H,2,7-8H2,1H3,(H,13,15). The molecule has 1 amide bonds. The summed E-state index contributed by atoms with van der Waals surface area (Å²) in [6.45, 7) is 3.50. The number of hydrogen-bond acceptors (Lipinski definition) is 3. The molecule has 0 fully saturated rings. The molecule has 1 aromatic carbocycles. The van der Waals surface area contributed by atoms with Crippen LogP contribution in [0.5, 0.6) is 5.75 Å². The molecule has 86 valence electrons. The Morgan fingerprint density at radius 2 is 2.31 bits per heavy atom. The van der Waals surface area contributed by atoms with Crippen LogP contribution >= 0.6 is 0 Å². The molecule has 1 unspecified atom stereocenters. The summed E-state index contributed by atoms with van der Waals surface area (Å²) in [5, 5.41) is 5.94. The average molecular weight is 220 g/mol. The number of carbonyl (C=O) groups is 1. The van der Waals surface area contributed by atoms with E-state index in [9.17, 15) is 4.79 Å². The summed E-state index contributed by atoms with van der Waals surface area (Å²) < 4.78 is 5.51. The molecule has 1 heterocycles. The molecule has 2 N–H and O–H groups in total. The Morgan fingerprint density at radius 3 is 3.12 bits per heavy atom. The Labute approximate surface area is 95.0 Å². The second-order valence-electron chi connectivity index (χ2n) is 3.74. The number of benzene rings is 1. The number of para-hydroxylation sites is 1. The molecule has 4 nitrogen and oxygen atoms in total. The van der Waals surface area contributed by atoms with Crippen LogP contribution in [0, 0.1) is 0 Å². The first-order valence-corrected chi connectivity index (χ1v) is 5.53. The first-order chi connectivity index (χ1) is 7.81. The van der Waals surface area contributed by atoms with Crippen LogP contribution in [-0.4, -0.2) is 25.6 Å². The van der Waals surface area contributed by atoms with Crippen LogP contribution in [0.25, 0.3) is 0 Å². The van der Waals surface area contributed by atoms with Gasteiger partial charge in [-0.05, 0) is 13.0 Å². The molecule has 1 aliphatic heterocycles. The van der Waals surface area contributed by atoms with Crippen molar-refractivity contribution in [3.8, 4) is 5.75 Å². The quantitative estimate of drug-likeness (QED) is 0.790. The molecule has 0 aromatic heterocycles. The molecule has 0 aliphatic carbocycles. The largest absolute Gasteiger partial charge is 0.491 e. The molecule has 1 aliphatic rings. The van der Waals surface area contributed by atoms with Gasteiger partial charge in [0.1, 0.15) is 12.4 Å². The van der Waals surface area contributed by atoms with Gasteiger partial charge in [-0.1, -0.05) is 18.2 Å². The average Bonchev–Trinajstić information content (AvgIpc) is 2.70. The van der Waals surface area contributed by atoms with Gasteiger partial charge in [0.2, 0.25) is 5.91 Å². The first kappa shape index (κ1) is 11.0. The molecule has 1 atom stereocenters. The monoisotopic (exact) mass is 220 g/mol. The van der Waals surface area contributed by atoms with E-state index in [0.717, 1.165) is 11.3 Å². The Bertz CT molecular complexity index is 379. The fraction of sp³-hybridized carbons (Fsp3) is 0.417. The highest BCUT2D eigenvalue weighted by atomic mass is 16.5. The number of fused-ring (bicyclic) bond motifs is 1. The lowest BCUT2D eigenvalue weighted by Crippen LogP contribution is -2.36. The molecule has 0 radical (unpaired) electrons. The normalized spacial score (nSPS) is 17.7. The van der Waals surface area contributed by atoms with Gasteiger partial charge in [0, 0.05) is 12.1 Å². The second-order valence-corrected chi connectivity index (χ2v) is 3.74. The number of ether oxygens (including phenoxy) is 1. The lowest BCUT2D eigenvalue weighted by molar-refractivity contribution is -0.120. The number of nitrogens with one attached hydrogen (secondary N) is 2. The molecule has 16 heavy (non-hydrogen) atoms. The van der Waals surface area contributed by atoms with Gasteiger partial charge < -0.3 is 10.1 Å². The minimum atomic E-state index is 0.0203. The molecule has 0 saturated heterocycles. The molecule has 0 saturated carbocycles. The highest BCUT2D eigenvalue weighted by Crippen LogP contribution is 2.31. The van der Waals surface area contributed by atoms with Gasteiger partial charge in [-0.15, -0.1) is 0 Å². The first-order valence-electron chi connectivity index (χ1n) is 5.53. The topological polar surface area (TPSA) is 50.4 Å². The molecular weight excluding hydrogens is 204 g/mol. The van der Waals surface area contributed by atoms with E-state index >= 15 is 0 Å². The van der Waals surface area contributed by atoms with E-state index in [1.54, 1.807) is 0 Å². The van der Waals surface area contributed by atoms with Crippen molar-refractivity contribution in [2.45, 2.75) is 13.0 Å². The molecule has 1 aromatic rings. The Morgan fingerprint density at radius 1 is 1.50 bits per heavy atom. The van der Waals surface area contributed by atoms with Crippen LogP contribution in [0.1, 0.15) is 18.5 Å². The number of carbonyl (C=O) groups excluding carboxylic acids is 1. The maximum Gasteiger partial charge on any atom is 0.233 e. The number of rotatable bonds is 4. The Balaban J connectivity index is 1.91. The fourth-order valence-electron chi connectivity index (χ4n) is 1.81. The molecular formula is C12H16N2O2. The highest BCUT2D eigenvalue weighted by Gasteiger charge is 2.23.